The van der Waals surface area contributed by atoms with Crippen LogP contribution in [0.5, 0.6) is 5.75 Å². The molecule has 0 unspecified atom stereocenters. The Morgan fingerprint density at radius 2 is 2.25 bits per heavy atom. The van der Waals surface area contributed by atoms with Crippen molar-refractivity contribution < 1.29 is 9.13 Å². The molecule has 66 valence electrons. The Labute approximate surface area is 75.9 Å². The van der Waals surface area contributed by atoms with Crippen LogP contribution in [0.1, 0.15) is 6.92 Å². The number of hydrogen-bond donors (Lipinski definition) is 0. The largest absolute Gasteiger partial charge is 0.492 e. The second-order valence-electron chi connectivity index (χ2n) is 2.20. The molecule has 0 spiro atoms. The van der Waals surface area contributed by atoms with Gasteiger partial charge < -0.3 is 4.74 Å². The lowest BCUT2D eigenvalue weighted by atomic mass is 10.3. The predicted molar refractivity (Wildman–Crippen MR) is 49.4 cm³/mol. The van der Waals surface area contributed by atoms with E-state index >= 15 is 0 Å². The van der Waals surface area contributed by atoms with E-state index in [2.05, 4.69) is 0 Å². The molecule has 1 rings (SSSR count). The molecule has 0 radical (unpaired) electrons. The zero-order valence-corrected chi connectivity index (χ0v) is 7.95. The molecule has 12 heavy (non-hydrogen) atoms. The molecule has 0 saturated heterocycles. The van der Waals surface area contributed by atoms with E-state index in [9.17, 15) is 4.39 Å². The van der Waals surface area contributed by atoms with E-state index in [4.69, 9.17) is 4.74 Å². The van der Waals surface area contributed by atoms with Crippen LogP contribution in [0.4, 0.5) is 4.39 Å². The lowest BCUT2D eigenvalue weighted by molar-refractivity contribution is 0.376. The highest BCUT2D eigenvalue weighted by molar-refractivity contribution is 7.99. The van der Waals surface area contributed by atoms with Crippen molar-refractivity contribution in [3.05, 3.63) is 24.0 Å². The van der Waals surface area contributed by atoms with Gasteiger partial charge >= 0.3 is 0 Å². The molecule has 0 aliphatic rings. The fourth-order valence-electron chi connectivity index (χ4n) is 0.956. The second-order valence-corrected chi connectivity index (χ2v) is 3.51. The van der Waals surface area contributed by atoms with Crippen LogP contribution in [0.25, 0.3) is 0 Å². The normalized spacial score (nSPS) is 9.92. The van der Waals surface area contributed by atoms with Gasteiger partial charge in [-0.3, -0.25) is 0 Å². The monoisotopic (exact) mass is 186 g/mol. The summed E-state index contributed by atoms with van der Waals surface area (Å²) in [6.07, 6.45) is 0. The van der Waals surface area contributed by atoms with E-state index in [0.29, 0.717) is 5.75 Å². The van der Waals surface area contributed by atoms with E-state index in [1.807, 2.05) is 13.0 Å². The first kappa shape index (κ1) is 9.39. The van der Waals surface area contributed by atoms with Crippen LogP contribution in [0.15, 0.2) is 23.1 Å². The van der Waals surface area contributed by atoms with Gasteiger partial charge in [0, 0.05) is 0 Å². The average molecular weight is 186 g/mol. The Balaban J connectivity index is 3.00. The summed E-state index contributed by atoms with van der Waals surface area (Å²) < 4.78 is 18.0. The first-order valence-electron chi connectivity index (χ1n) is 3.75. The summed E-state index contributed by atoms with van der Waals surface area (Å²) in [6, 6.07) is 4.95. The SMILES string of the molecule is CCSc1cccc(F)c1OC. The van der Waals surface area contributed by atoms with Crippen LogP contribution in [-0.2, 0) is 0 Å². The summed E-state index contributed by atoms with van der Waals surface area (Å²) in [7, 11) is 1.48. The fraction of sp³-hybridized carbons (Fsp3) is 0.333. The fourth-order valence-corrected chi connectivity index (χ4v) is 1.75. The van der Waals surface area contributed by atoms with Crippen molar-refractivity contribution in [1.29, 1.82) is 0 Å². The molecular formula is C9H11FOS. The van der Waals surface area contributed by atoms with Crippen LogP contribution in [-0.4, -0.2) is 12.9 Å². The predicted octanol–water partition coefficient (Wildman–Crippen LogP) is 2.95. The molecule has 1 nitrogen and oxygen atoms in total. The number of halogens is 1. The molecule has 0 fully saturated rings. The molecule has 0 amide bonds. The van der Waals surface area contributed by atoms with Gasteiger partial charge in [-0.2, -0.15) is 0 Å². The number of rotatable bonds is 3. The molecule has 0 atom stereocenters. The maximum absolute atomic E-state index is 13.0. The minimum absolute atomic E-state index is 0.295. The first-order valence-corrected chi connectivity index (χ1v) is 4.73. The zero-order chi connectivity index (χ0) is 8.97. The van der Waals surface area contributed by atoms with Crippen LogP contribution in [0.2, 0.25) is 0 Å². The first-order chi connectivity index (χ1) is 5.79. The third-order valence-corrected chi connectivity index (χ3v) is 2.36. The lowest BCUT2D eigenvalue weighted by Gasteiger charge is -2.06. The van der Waals surface area contributed by atoms with Gasteiger partial charge in [-0.1, -0.05) is 13.0 Å². The molecule has 0 heterocycles. The summed E-state index contributed by atoms with van der Waals surface area (Å²) in [6.45, 7) is 2.02. The Hall–Kier alpha value is -0.700. The van der Waals surface area contributed by atoms with E-state index in [-0.39, 0.29) is 5.82 Å². The summed E-state index contributed by atoms with van der Waals surface area (Å²) in [5.74, 6) is 0.972. The maximum atomic E-state index is 13.0. The van der Waals surface area contributed by atoms with Crippen molar-refractivity contribution in [3.8, 4) is 5.75 Å². The molecular weight excluding hydrogens is 175 g/mol. The number of benzene rings is 1. The van der Waals surface area contributed by atoms with Crippen molar-refractivity contribution >= 4 is 11.8 Å². The number of ether oxygens (including phenoxy) is 1. The molecule has 1 aromatic carbocycles. The number of methoxy groups -OCH3 is 1. The van der Waals surface area contributed by atoms with Gasteiger partial charge in [0.15, 0.2) is 11.6 Å². The average Bonchev–Trinajstić information content (AvgIpc) is 2.05. The third kappa shape index (κ3) is 1.91. The molecule has 3 heteroatoms. The van der Waals surface area contributed by atoms with Crippen molar-refractivity contribution in [2.24, 2.45) is 0 Å². The van der Waals surface area contributed by atoms with Crippen molar-refractivity contribution in [1.82, 2.24) is 0 Å². The summed E-state index contributed by atoms with van der Waals surface area (Å²) in [5.41, 5.74) is 0. The molecule has 0 bridgehead atoms. The van der Waals surface area contributed by atoms with Crippen molar-refractivity contribution in [2.75, 3.05) is 12.9 Å². The van der Waals surface area contributed by atoms with Crippen LogP contribution >= 0.6 is 11.8 Å². The molecule has 0 aromatic heterocycles. The van der Waals surface area contributed by atoms with Crippen molar-refractivity contribution in [2.45, 2.75) is 11.8 Å². The number of hydrogen-bond acceptors (Lipinski definition) is 2. The lowest BCUT2D eigenvalue weighted by Crippen LogP contribution is -1.90. The zero-order valence-electron chi connectivity index (χ0n) is 7.13. The standard InChI is InChI=1S/C9H11FOS/c1-3-12-8-6-4-5-7(10)9(8)11-2/h4-6H,3H2,1-2H3. The van der Waals surface area contributed by atoms with Crippen molar-refractivity contribution in [3.63, 3.8) is 0 Å². The van der Waals surface area contributed by atoms with Crippen LogP contribution < -0.4 is 4.74 Å². The molecule has 0 saturated carbocycles. The van der Waals surface area contributed by atoms with Gasteiger partial charge in [0.1, 0.15) is 0 Å². The minimum Gasteiger partial charge on any atom is -0.492 e. The van der Waals surface area contributed by atoms with Gasteiger partial charge in [-0.05, 0) is 17.9 Å². The molecule has 0 aliphatic carbocycles. The summed E-state index contributed by atoms with van der Waals surface area (Å²) >= 11 is 1.58. The van der Waals surface area contributed by atoms with Gasteiger partial charge in [-0.25, -0.2) is 4.39 Å². The molecule has 1 aromatic rings. The van der Waals surface area contributed by atoms with Gasteiger partial charge in [-0.15, -0.1) is 11.8 Å². The Morgan fingerprint density at radius 1 is 1.50 bits per heavy atom. The highest BCUT2D eigenvalue weighted by Crippen LogP contribution is 2.30. The van der Waals surface area contributed by atoms with E-state index < -0.39 is 0 Å². The number of thioether (sulfide) groups is 1. The van der Waals surface area contributed by atoms with Crippen LogP contribution in [0, 0.1) is 5.82 Å². The van der Waals surface area contributed by atoms with E-state index in [1.54, 1.807) is 17.8 Å². The maximum Gasteiger partial charge on any atom is 0.168 e. The number of para-hydroxylation sites is 1. The van der Waals surface area contributed by atoms with Gasteiger partial charge in [0.2, 0.25) is 0 Å². The smallest absolute Gasteiger partial charge is 0.168 e. The Bertz CT molecular complexity index is 263. The van der Waals surface area contributed by atoms with E-state index in [0.717, 1.165) is 10.6 Å². The highest BCUT2D eigenvalue weighted by Gasteiger charge is 2.07. The third-order valence-electron chi connectivity index (χ3n) is 1.43. The van der Waals surface area contributed by atoms with E-state index in [1.165, 1.54) is 13.2 Å². The van der Waals surface area contributed by atoms with Crippen LogP contribution in [0.3, 0.4) is 0 Å². The van der Waals surface area contributed by atoms with Gasteiger partial charge in [0.25, 0.3) is 0 Å². The molecule has 0 N–H and O–H groups in total. The highest BCUT2D eigenvalue weighted by atomic mass is 32.2. The topological polar surface area (TPSA) is 9.23 Å². The Morgan fingerprint density at radius 3 is 2.83 bits per heavy atom. The Kier molecular flexibility index (Phi) is 3.41. The summed E-state index contributed by atoms with van der Waals surface area (Å²) in [5, 5.41) is 0. The second kappa shape index (κ2) is 4.36. The van der Waals surface area contributed by atoms with Gasteiger partial charge in [0.05, 0.1) is 12.0 Å². The quantitative estimate of drug-likeness (QED) is 0.671. The minimum atomic E-state index is -0.295. The summed E-state index contributed by atoms with van der Waals surface area (Å²) in [4.78, 5) is 0.861. The molecule has 0 aliphatic heterocycles.